The third-order valence-corrected chi connectivity index (χ3v) is 4.85. The average molecular weight is 421 g/mol. The van der Waals surface area contributed by atoms with E-state index in [0.717, 1.165) is 36.5 Å². The first-order valence-corrected chi connectivity index (χ1v) is 9.07. The summed E-state index contributed by atoms with van der Waals surface area (Å²) in [6, 6.07) is 10.9. The number of methoxy groups -OCH3 is 2. The molecule has 3 rings (SSSR count). The van der Waals surface area contributed by atoms with Crippen LogP contribution >= 0.6 is 15.9 Å². The van der Waals surface area contributed by atoms with Gasteiger partial charge in [0, 0.05) is 29.3 Å². The molecule has 1 N–H and O–H groups in total. The Hall–Kier alpha value is -2.25. The zero-order valence-corrected chi connectivity index (χ0v) is 16.3. The van der Waals surface area contributed by atoms with Crippen LogP contribution < -0.4 is 19.7 Å². The maximum absolute atomic E-state index is 12.6. The average Bonchev–Trinajstić information content (AvgIpc) is 2.68. The first kappa shape index (κ1) is 18.5. The minimum absolute atomic E-state index is 0.240. The van der Waals surface area contributed by atoms with E-state index in [9.17, 15) is 4.79 Å². The Labute approximate surface area is 161 Å². The number of carbonyl (C=O) groups excluding carboxylic acids is 1. The van der Waals surface area contributed by atoms with Crippen molar-refractivity contribution in [3.8, 4) is 11.5 Å². The Morgan fingerprint density at radius 3 is 2.54 bits per heavy atom. The smallest absolute Gasteiger partial charge is 0.259 e. The van der Waals surface area contributed by atoms with Gasteiger partial charge in [0.15, 0.2) is 0 Å². The Morgan fingerprint density at radius 2 is 1.88 bits per heavy atom. The van der Waals surface area contributed by atoms with Crippen molar-refractivity contribution in [1.29, 1.82) is 0 Å². The number of anilines is 2. The summed E-state index contributed by atoms with van der Waals surface area (Å²) in [4.78, 5) is 14.9. The first-order valence-electron chi connectivity index (χ1n) is 8.28. The molecule has 1 saturated heterocycles. The fourth-order valence-electron chi connectivity index (χ4n) is 2.83. The largest absolute Gasteiger partial charge is 0.497 e. The molecule has 1 heterocycles. The van der Waals surface area contributed by atoms with Crippen molar-refractivity contribution in [2.45, 2.75) is 0 Å². The lowest BCUT2D eigenvalue weighted by Crippen LogP contribution is -2.36. The van der Waals surface area contributed by atoms with Gasteiger partial charge in [-0.25, -0.2) is 0 Å². The van der Waals surface area contributed by atoms with Gasteiger partial charge in [0.25, 0.3) is 5.91 Å². The summed E-state index contributed by atoms with van der Waals surface area (Å²) in [6.07, 6.45) is 0. The van der Waals surface area contributed by atoms with E-state index in [1.807, 2.05) is 18.2 Å². The van der Waals surface area contributed by atoms with Gasteiger partial charge in [-0.1, -0.05) is 0 Å². The number of rotatable bonds is 5. The Bertz CT molecular complexity index is 791. The van der Waals surface area contributed by atoms with Crippen LogP contribution in [0.5, 0.6) is 11.5 Å². The molecule has 2 aromatic carbocycles. The SMILES string of the molecule is COc1ccc(C(=O)Nc2ccc(N3CCOCC3)c(Br)c2)c(OC)c1. The minimum Gasteiger partial charge on any atom is -0.497 e. The number of hydrogen-bond acceptors (Lipinski definition) is 5. The van der Waals surface area contributed by atoms with Gasteiger partial charge in [0.05, 0.1) is 38.7 Å². The van der Waals surface area contributed by atoms with Gasteiger partial charge >= 0.3 is 0 Å². The summed E-state index contributed by atoms with van der Waals surface area (Å²) >= 11 is 3.60. The van der Waals surface area contributed by atoms with Crippen molar-refractivity contribution in [2.24, 2.45) is 0 Å². The Morgan fingerprint density at radius 1 is 1.12 bits per heavy atom. The highest BCUT2D eigenvalue weighted by atomic mass is 79.9. The Balaban J connectivity index is 1.76. The number of ether oxygens (including phenoxy) is 3. The third kappa shape index (κ3) is 4.11. The molecule has 0 aromatic heterocycles. The van der Waals surface area contributed by atoms with E-state index in [1.165, 1.54) is 7.11 Å². The van der Waals surface area contributed by atoms with Crippen LogP contribution in [-0.4, -0.2) is 46.4 Å². The van der Waals surface area contributed by atoms with Gasteiger partial charge < -0.3 is 24.4 Å². The van der Waals surface area contributed by atoms with E-state index in [2.05, 4.69) is 26.1 Å². The molecule has 0 bridgehead atoms. The van der Waals surface area contributed by atoms with Crippen LogP contribution in [0, 0.1) is 0 Å². The van der Waals surface area contributed by atoms with Crippen LogP contribution in [0.3, 0.4) is 0 Å². The van der Waals surface area contributed by atoms with Crippen molar-refractivity contribution < 1.29 is 19.0 Å². The molecule has 1 aliphatic rings. The highest BCUT2D eigenvalue weighted by molar-refractivity contribution is 9.10. The molecule has 1 fully saturated rings. The predicted molar refractivity (Wildman–Crippen MR) is 105 cm³/mol. The molecule has 0 atom stereocenters. The number of carbonyl (C=O) groups is 1. The molecule has 7 heteroatoms. The van der Waals surface area contributed by atoms with E-state index < -0.39 is 0 Å². The normalized spacial score (nSPS) is 14.0. The molecule has 6 nitrogen and oxygen atoms in total. The van der Waals surface area contributed by atoms with E-state index in [-0.39, 0.29) is 5.91 Å². The number of benzene rings is 2. The van der Waals surface area contributed by atoms with Crippen molar-refractivity contribution in [3.05, 3.63) is 46.4 Å². The maximum atomic E-state index is 12.6. The highest BCUT2D eigenvalue weighted by Gasteiger charge is 2.16. The molecule has 2 aromatic rings. The third-order valence-electron chi connectivity index (χ3n) is 4.21. The monoisotopic (exact) mass is 420 g/mol. The van der Waals surface area contributed by atoms with Gasteiger partial charge in [-0.15, -0.1) is 0 Å². The molecular formula is C19H21BrN2O4. The van der Waals surface area contributed by atoms with E-state index in [1.54, 1.807) is 25.3 Å². The lowest BCUT2D eigenvalue weighted by molar-refractivity contribution is 0.102. The zero-order valence-electron chi connectivity index (χ0n) is 14.8. The minimum atomic E-state index is -0.240. The van der Waals surface area contributed by atoms with Crippen LogP contribution in [-0.2, 0) is 4.74 Å². The fourth-order valence-corrected chi connectivity index (χ4v) is 3.46. The van der Waals surface area contributed by atoms with Gasteiger partial charge in [0.2, 0.25) is 0 Å². The molecule has 1 aliphatic heterocycles. The quantitative estimate of drug-likeness (QED) is 0.800. The van der Waals surface area contributed by atoms with E-state index in [4.69, 9.17) is 14.2 Å². The molecule has 0 radical (unpaired) electrons. The number of nitrogens with one attached hydrogen (secondary N) is 1. The summed E-state index contributed by atoms with van der Waals surface area (Å²) in [5.41, 5.74) is 2.24. The van der Waals surface area contributed by atoms with Crippen molar-refractivity contribution in [3.63, 3.8) is 0 Å². The van der Waals surface area contributed by atoms with Crippen LogP contribution in [0.2, 0.25) is 0 Å². The lowest BCUT2D eigenvalue weighted by atomic mass is 10.1. The number of morpholine rings is 1. The topological polar surface area (TPSA) is 60.0 Å². The summed E-state index contributed by atoms with van der Waals surface area (Å²) in [7, 11) is 3.10. The zero-order chi connectivity index (χ0) is 18.5. The van der Waals surface area contributed by atoms with Gasteiger partial charge in [-0.05, 0) is 46.3 Å². The lowest BCUT2D eigenvalue weighted by Gasteiger charge is -2.29. The highest BCUT2D eigenvalue weighted by Crippen LogP contribution is 2.31. The van der Waals surface area contributed by atoms with Crippen LogP contribution in [0.25, 0.3) is 0 Å². The molecular weight excluding hydrogens is 400 g/mol. The number of halogens is 1. The molecule has 0 aliphatic carbocycles. The summed E-state index contributed by atoms with van der Waals surface area (Å²) in [5.74, 6) is 0.859. The molecule has 0 unspecified atom stereocenters. The van der Waals surface area contributed by atoms with Crippen molar-refractivity contribution in [1.82, 2.24) is 0 Å². The first-order chi connectivity index (χ1) is 12.6. The molecule has 0 spiro atoms. The summed E-state index contributed by atoms with van der Waals surface area (Å²) < 4.78 is 16.8. The molecule has 1 amide bonds. The molecule has 138 valence electrons. The second-order valence-corrected chi connectivity index (χ2v) is 6.64. The second kappa shape index (κ2) is 8.42. The predicted octanol–water partition coefficient (Wildman–Crippen LogP) is 3.56. The van der Waals surface area contributed by atoms with Crippen LogP contribution in [0.1, 0.15) is 10.4 Å². The van der Waals surface area contributed by atoms with Crippen LogP contribution in [0.4, 0.5) is 11.4 Å². The van der Waals surface area contributed by atoms with E-state index >= 15 is 0 Å². The maximum Gasteiger partial charge on any atom is 0.259 e. The van der Waals surface area contributed by atoms with Crippen molar-refractivity contribution >= 4 is 33.2 Å². The molecule has 0 saturated carbocycles. The number of amides is 1. The van der Waals surface area contributed by atoms with Gasteiger partial charge in [-0.2, -0.15) is 0 Å². The standard InChI is InChI=1S/C19H21BrN2O4/c1-24-14-4-5-15(18(12-14)25-2)19(23)21-13-3-6-17(16(20)11-13)22-7-9-26-10-8-22/h3-6,11-12H,7-10H2,1-2H3,(H,21,23). The van der Waals surface area contributed by atoms with Gasteiger partial charge in [-0.3, -0.25) is 4.79 Å². The summed E-state index contributed by atoms with van der Waals surface area (Å²) in [6.45, 7) is 3.16. The van der Waals surface area contributed by atoms with E-state index in [0.29, 0.717) is 22.7 Å². The fraction of sp³-hybridized carbons (Fsp3) is 0.316. The van der Waals surface area contributed by atoms with Crippen LogP contribution in [0.15, 0.2) is 40.9 Å². The molecule has 26 heavy (non-hydrogen) atoms. The van der Waals surface area contributed by atoms with Gasteiger partial charge in [0.1, 0.15) is 11.5 Å². The number of hydrogen-bond donors (Lipinski definition) is 1. The number of nitrogens with zero attached hydrogens (tertiary/aromatic N) is 1. The Kier molecular flexibility index (Phi) is 6.00. The van der Waals surface area contributed by atoms with Crippen molar-refractivity contribution in [2.75, 3.05) is 50.7 Å². The summed E-state index contributed by atoms with van der Waals surface area (Å²) in [5, 5.41) is 2.91. The second-order valence-electron chi connectivity index (χ2n) is 5.79.